The Morgan fingerprint density at radius 2 is 1.77 bits per heavy atom. The van der Waals surface area contributed by atoms with E-state index in [0.29, 0.717) is 4.48 Å². The minimum Gasteiger partial charge on any atom is -0.363 e. The Morgan fingerprint density at radius 1 is 1.31 bits per heavy atom. The van der Waals surface area contributed by atoms with Crippen molar-refractivity contribution in [2.45, 2.75) is 25.2 Å². The van der Waals surface area contributed by atoms with Gasteiger partial charge < -0.3 is 14.7 Å². The van der Waals surface area contributed by atoms with Crippen LogP contribution in [0.1, 0.15) is 13.3 Å². The molecule has 0 aromatic heterocycles. The first-order valence-corrected chi connectivity index (χ1v) is 5.81. The van der Waals surface area contributed by atoms with Gasteiger partial charge in [0.25, 0.3) is 0 Å². The molecule has 13 heavy (non-hydrogen) atoms. The van der Waals surface area contributed by atoms with E-state index in [4.69, 9.17) is 0 Å². The highest BCUT2D eigenvalue weighted by Gasteiger charge is 2.43. The average molecular weight is 208 g/mol. The second-order valence-corrected chi connectivity index (χ2v) is 5.47. The van der Waals surface area contributed by atoms with Crippen LogP contribution in [0.25, 0.3) is 0 Å². The van der Waals surface area contributed by atoms with Crippen LogP contribution in [0.4, 0.5) is 0 Å². The molecule has 0 rings (SSSR count). The molecule has 1 atom stereocenters. The molecule has 0 heterocycles. The maximum absolute atomic E-state index is 9.36. The molecule has 0 amide bonds. The third kappa shape index (κ3) is 3.13. The third-order valence-corrected chi connectivity index (χ3v) is 3.51. The molecule has 0 radical (unpaired) electrons. The van der Waals surface area contributed by atoms with Crippen molar-refractivity contribution in [1.82, 2.24) is 0 Å². The van der Waals surface area contributed by atoms with Gasteiger partial charge in [-0.05, 0) is 18.9 Å². The maximum Gasteiger partial charge on any atom is 0.208 e. The van der Waals surface area contributed by atoms with E-state index in [1.165, 1.54) is 0 Å². The normalized spacial score (nSPS) is 17.5. The molecule has 0 aliphatic carbocycles. The number of hydrogen-bond donors (Lipinski definition) is 2. The molecule has 3 nitrogen and oxygen atoms in total. The molecular formula is C9H22NO2S+. The van der Waals surface area contributed by atoms with Gasteiger partial charge in [-0.2, -0.15) is 11.8 Å². The lowest BCUT2D eigenvalue weighted by Crippen LogP contribution is -2.62. The SMILES string of the molecule is CSCCC(C)(C(O)O)[N+](C)(C)C. The van der Waals surface area contributed by atoms with Crippen LogP contribution in [-0.4, -0.2) is 59.7 Å². The zero-order chi connectivity index (χ0) is 10.7. The summed E-state index contributed by atoms with van der Waals surface area (Å²) in [6.07, 6.45) is 1.56. The smallest absolute Gasteiger partial charge is 0.208 e. The van der Waals surface area contributed by atoms with Gasteiger partial charge in [-0.25, -0.2) is 0 Å². The summed E-state index contributed by atoms with van der Waals surface area (Å²) in [6, 6.07) is 0. The second-order valence-electron chi connectivity index (χ2n) is 4.49. The van der Waals surface area contributed by atoms with Gasteiger partial charge in [0.1, 0.15) is 5.54 Å². The Bertz CT molecular complexity index is 156. The van der Waals surface area contributed by atoms with E-state index in [-0.39, 0.29) is 0 Å². The van der Waals surface area contributed by atoms with Crippen molar-refractivity contribution < 1.29 is 14.7 Å². The van der Waals surface area contributed by atoms with Crippen LogP contribution in [0.5, 0.6) is 0 Å². The van der Waals surface area contributed by atoms with Crippen molar-refractivity contribution >= 4 is 11.8 Å². The standard InChI is InChI=1S/C9H22NO2S/c1-9(8(11)12,6-7-13-5)10(2,3)4/h8,11-12H,6-7H2,1-5H3/q+1. The molecule has 80 valence electrons. The summed E-state index contributed by atoms with van der Waals surface area (Å²) in [5.74, 6) is 0.948. The molecule has 0 aromatic rings. The fourth-order valence-electron chi connectivity index (χ4n) is 1.12. The van der Waals surface area contributed by atoms with Crippen molar-refractivity contribution in [3.63, 3.8) is 0 Å². The fourth-order valence-corrected chi connectivity index (χ4v) is 1.74. The van der Waals surface area contributed by atoms with Crippen molar-refractivity contribution in [1.29, 1.82) is 0 Å². The second kappa shape index (κ2) is 4.64. The van der Waals surface area contributed by atoms with E-state index >= 15 is 0 Å². The highest BCUT2D eigenvalue weighted by molar-refractivity contribution is 7.98. The third-order valence-electron chi connectivity index (χ3n) is 2.90. The molecule has 4 heteroatoms. The van der Waals surface area contributed by atoms with Gasteiger partial charge in [-0.15, -0.1) is 0 Å². The van der Waals surface area contributed by atoms with Gasteiger partial charge in [-0.1, -0.05) is 0 Å². The number of nitrogens with zero attached hydrogens (tertiary/aromatic N) is 1. The predicted molar refractivity (Wildman–Crippen MR) is 57.7 cm³/mol. The molecule has 2 N–H and O–H groups in total. The van der Waals surface area contributed by atoms with Crippen LogP contribution in [0.2, 0.25) is 0 Å². The summed E-state index contributed by atoms with van der Waals surface area (Å²) >= 11 is 1.73. The van der Waals surface area contributed by atoms with Gasteiger partial charge in [0, 0.05) is 6.42 Å². The Kier molecular flexibility index (Phi) is 4.72. The minimum absolute atomic E-state index is 0.483. The molecule has 0 aliphatic heterocycles. The lowest BCUT2D eigenvalue weighted by molar-refractivity contribution is -0.930. The number of aliphatic hydroxyl groups is 2. The van der Waals surface area contributed by atoms with Crippen molar-refractivity contribution in [3.05, 3.63) is 0 Å². The molecule has 1 unspecified atom stereocenters. The largest absolute Gasteiger partial charge is 0.363 e. The van der Waals surface area contributed by atoms with Gasteiger partial charge in [-0.3, -0.25) is 0 Å². The molecular weight excluding hydrogens is 186 g/mol. The molecule has 0 bridgehead atoms. The number of thioether (sulfide) groups is 1. The summed E-state index contributed by atoms with van der Waals surface area (Å²) in [5, 5.41) is 18.7. The quantitative estimate of drug-likeness (QED) is 0.511. The first kappa shape index (κ1) is 13.2. The topological polar surface area (TPSA) is 40.5 Å². The number of aliphatic hydroxyl groups excluding tert-OH is 1. The summed E-state index contributed by atoms with van der Waals surface area (Å²) < 4.78 is 0.561. The highest BCUT2D eigenvalue weighted by atomic mass is 32.2. The lowest BCUT2D eigenvalue weighted by Gasteiger charge is -2.44. The molecule has 0 fully saturated rings. The Labute approximate surface area is 85.3 Å². The van der Waals surface area contributed by atoms with Crippen LogP contribution in [0, 0.1) is 0 Å². The van der Waals surface area contributed by atoms with E-state index in [0.717, 1.165) is 12.2 Å². The monoisotopic (exact) mass is 208 g/mol. The predicted octanol–water partition coefficient (Wildman–Crippen LogP) is 0.515. The first-order valence-electron chi connectivity index (χ1n) is 4.42. The minimum atomic E-state index is -1.26. The Balaban J connectivity index is 4.54. The zero-order valence-electron chi connectivity index (χ0n) is 9.24. The van der Waals surface area contributed by atoms with Crippen molar-refractivity contribution in [2.75, 3.05) is 33.2 Å². The number of hydrogen-bond acceptors (Lipinski definition) is 3. The molecule has 0 saturated carbocycles. The van der Waals surface area contributed by atoms with E-state index in [2.05, 4.69) is 0 Å². The van der Waals surface area contributed by atoms with Gasteiger partial charge in [0.05, 0.1) is 21.1 Å². The average Bonchev–Trinajstić information content (AvgIpc) is 1.97. The van der Waals surface area contributed by atoms with E-state index < -0.39 is 11.8 Å². The summed E-state index contributed by atoms with van der Waals surface area (Å²) in [4.78, 5) is 0. The molecule has 0 spiro atoms. The fraction of sp³-hybridized carbons (Fsp3) is 1.00. The van der Waals surface area contributed by atoms with Crippen LogP contribution >= 0.6 is 11.8 Å². The van der Waals surface area contributed by atoms with E-state index in [1.807, 2.05) is 34.3 Å². The summed E-state index contributed by atoms with van der Waals surface area (Å²) in [7, 11) is 5.96. The van der Waals surface area contributed by atoms with Gasteiger partial charge in [0.2, 0.25) is 6.29 Å². The number of rotatable bonds is 5. The van der Waals surface area contributed by atoms with Crippen LogP contribution in [-0.2, 0) is 0 Å². The van der Waals surface area contributed by atoms with E-state index in [1.54, 1.807) is 11.8 Å². The number of likely N-dealkylation sites (N-methyl/N-ethyl adjacent to an activating group) is 1. The maximum atomic E-state index is 9.36. The van der Waals surface area contributed by atoms with E-state index in [9.17, 15) is 10.2 Å². The summed E-state index contributed by atoms with van der Waals surface area (Å²) in [5.41, 5.74) is -0.483. The Morgan fingerprint density at radius 3 is 2.00 bits per heavy atom. The highest BCUT2D eigenvalue weighted by Crippen LogP contribution is 2.26. The number of quaternary nitrogens is 1. The first-order chi connectivity index (χ1) is 5.75. The molecule has 0 saturated heterocycles. The lowest BCUT2D eigenvalue weighted by atomic mass is 9.94. The van der Waals surface area contributed by atoms with Crippen LogP contribution in [0.15, 0.2) is 0 Å². The van der Waals surface area contributed by atoms with Crippen LogP contribution in [0.3, 0.4) is 0 Å². The molecule has 0 aromatic carbocycles. The van der Waals surface area contributed by atoms with Crippen molar-refractivity contribution in [3.8, 4) is 0 Å². The van der Waals surface area contributed by atoms with Crippen LogP contribution < -0.4 is 0 Å². The van der Waals surface area contributed by atoms with Crippen molar-refractivity contribution in [2.24, 2.45) is 0 Å². The zero-order valence-corrected chi connectivity index (χ0v) is 10.1. The van der Waals surface area contributed by atoms with Gasteiger partial charge in [0.15, 0.2) is 0 Å². The summed E-state index contributed by atoms with van der Waals surface area (Å²) in [6.45, 7) is 1.91. The molecule has 0 aliphatic rings. The Hall–Kier alpha value is 0.230. The van der Waals surface area contributed by atoms with Gasteiger partial charge >= 0.3 is 0 Å².